The zero-order valence-electron chi connectivity index (χ0n) is 11.8. The van der Waals surface area contributed by atoms with Gasteiger partial charge in [0.15, 0.2) is 0 Å². The Morgan fingerprint density at radius 2 is 2.11 bits per heavy atom. The van der Waals surface area contributed by atoms with Crippen molar-refractivity contribution in [1.29, 1.82) is 5.26 Å². The summed E-state index contributed by atoms with van der Waals surface area (Å²) in [6, 6.07) is 2.32. The lowest BCUT2D eigenvalue weighted by atomic mass is 9.83. The van der Waals surface area contributed by atoms with Crippen LogP contribution in [0.4, 0.5) is 0 Å². The van der Waals surface area contributed by atoms with Crippen LogP contribution in [0.25, 0.3) is 0 Å². The van der Waals surface area contributed by atoms with Gasteiger partial charge in [-0.15, -0.1) is 0 Å². The van der Waals surface area contributed by atoms with Crippen molar-refractivity contribution in [3.8, 4) is 6.07 Å². The molecule has 0 aromatic carbocycles. The highest BCUT2D eigenvalue weighted by Gasteiger charge is 2.48. The van der Waals surface area contributed by atoms with Crippen molar-refractivity contribution < 1.29 is 0 Å². The van der Waals surface area contributed by atoms with E-state index in [-0.39, 0.29) is 11.1 Å². The van der Waals surface area contributed by atoms with Crippen molar-refractivity contribution in [2.75, 3.05) is 13.1 Å². The normalized spacial score (nSPS) is 19.3. The molecule has 0 unspecified atom stereocenters. The quantitative estimate of drug-likeness (QED) is 0.821. The molecule has 2 heterocycles. The maximum atomic E-state index is 9.07. The molecule has 2 rings (SSSR count). The molecule has 0 spiro atoms. The summed E-state index contributed by atoms with van der Waals surface area (Å²) in [5.41, 5.74) is 1.29. The summed E-state index contributed by atoms with van der Waals surface area (Å²) < 4.78 is 2.01. The first kappa shape index (κ1) is 13.1. The Balaban J connectivity index is 2.19. The first-order chi connectivity index (χ1) is 8.41. The predicted molar refractivity (Wildman–Crippen MR) is 71.1 cm³/mol. The van der Waals surface area contributed by atoms with Gasteiger partial charge in [0.2, 0.25) is 0 Å². The third-order valence-electron chi connectivity index (χ3n) is 3.86. The molecular weight excluding hydrogens is 224 g/mol. The topological polar surface area (TPSA) is 44.9 Å². The first-order valence-corrected chi connectivity index (χ1v) is 6.57. The highest BCUT2D eigenvalue weighted by Crippen LogP contribution is 2.36. The van der Waals surface area contributed by atoms with Crippen LogP contribution in [0.3, 0.4) is 0 Å². The number of aromatic nitrogens is 2. The van der Waals surface area contributed by atoms with E-state index in [1.165, 1.54) is 5.56 Å². The molecule has 4 nitrogen and oxygen atoms in total. The van der Waals surface area contributed by atoms with Gasteiger partial charge in [-0.25, -0.2) is 0 Å². The van der Waals surface area contributed by atoms with E-state index in [1.807, 2.05) is 10.9 Å². The zero-order valence-corrected chi connectivity index (χ0v) is 11.8. The minimum Gasteiger partial charge on any atom is -0.293 e. The second-order valence-corrected chi connectivity index (χ2v) is 6.23. The molecule has 0 atom stereocenters. The Kier molecular flexibility index (Phi) is 3.20. The summed E-state index contributed by atoms with van der Waals surface area (Å²) in [5, 5.41) is 13.5. The van der Waals surface area contributed by atoms with Gasteiger partial charge in [0.25, 0.3) is 0 Å². The number of rotatable bonds is 3. The Morgan fingerprint density at radius 3 is 2.56 bits per heavy atom. The van der Waals surface area contributed by atoms with E-state index in [4.69, 9.17) is 5.26 Å². The molecule has 1 fully saturated rings. The van der Waals surface area contributed by atoms with Crippen LogP contribution in [0, 0.1) is 11.3 Å². The molecule has 0 N–H and O–H groups in total. The Bertz CT molecular complexity index is 455. The van der Waals surface area contributed by atoms with Crippen LogP contribution in [0.5, 0.6) is 0 Å². The van der Waals surface area contributed by atoms with Gasteiger partial charge in [0.1, 0.15) is 5.54 Å². The largest absolute Gasteiger partial charge is 0.293 e. The van der Waals surface area contributed by atoms with E-state index < -0.39 is 0 Å². The van der Waals surface area contributed by atoms with Gasteiger partial charge in [-0.05, 0) is 32.8 Å². The second kappa shape index (κ2) is 4.40. The van der Waals surface area contributed by atoms with E-state index in [1.54, 1.807) is 0 Å². The standard InChI is InChI=1S/C14H22N4/c1-5-12-8-16-18(9-12)14(6-7-15)10-17(11-14)13(2,3)4/h8-9H,5-6,10-11H2,1-4H3. The van der Waals surface area contributed by atoms with Gasteiger partial charge in [0, 0.05) is 24.8 Å². The van der Waals surface area contributed by atoms with Crippen LogP contribution >= 0.6 is 0 Å². The summed E-state index contributed by atoms with van der Waals surface area (Å²) in [5.74, 6) is 0. The summed E-state index contributed by atoms with van der Waals surface area (Å²) in [7, 11) is 0. The molecule has 98 valence electrons. The number of hydrogen-bond acceptors (Lipinski definition) is 3. The van der Waals surface area contributed by atoms with Gasteiger partial charge < -0.3 is 0 Å². The fourth-order valence-corrected chi connectivity index (χ4v) is 2.43. The average molecular weight is 246 g/mol. The third-order valence-corrected chi connectivity index (χ3v) is 3.86. The summed E-state index contributed by atoms with van der Waals surface area (Å²) in [6.07, 6.45) is 5.53. The Hall–Kier alpha value is -1.34. The minimum absolute atomic E-state index is 0.116. The lowest BCUT2D eigenvalue weighted by Gasteiger charge is -2.54. The zero-order chi connectivity index (χ0) is 13.4. The Labute approximate surface area is 109 Å². The molecular formula is C14H22N4. The minimum atomic E-state index is -0.116. The molecule has 0 radical (unpaired) electrons. The van der Waals surface area contributed by atoms with Crippen molar-refractivity contribution in [1.82, 2.24) is 14.7 Å². The third kappa shape index (κ3) is 2.15. The molecule has 4 heteroatoms. The van der Waals surface area contributed by atoms with Gasteiger partial charge in [-0.1, -0.05) is 6.92 Å². The molecule has 1 aliphatic rings. The highest BCUT2D eigenvalue weighted by atomic mass is 15.4. The number of aryl methyl sites for hydroxylation is 1. The van der Waals surface area contributed by atoms with Crippen LogP contribution in [0.1, 0.15) is 39.7 Å². The number of hydrogen-bond donors (Lipinski definition) is 0. The molecule has 18 heavy (non-hydrogen) atoms. The Morgan fingerprint density at radius 1 is 1.44 bits per heavy atom. The molecule has 1 aromatic rings. The van der Waals surface area contributed by atoms with Crippen molar-refractivity contribution in [3.05, 3.63) is 18.0 Å². The van der Waals surface area contributed by atoms with Gasteiger partial charge in [-0.3, -0.25) is 9.58 Å². The smallest absolute Gasteiger partial charge is 0.101 e. The van der Waals surface area contributed by atoms with Crippen molar-refractivity contribution in [2.24, 2.45) is 0 Å². The fraction of sp³-hybridized carbons (Fsp3) is 0.714. The maximum absolute atomic E-state index is 9.07. The van der Waals surface area contributed by atoms with Crippen molar-refractivity contribution in [2.45, 2.75) is 51.6 Å². The second-order valence-electron chi connectivity index (χ2n) is 6.23. The number of nitrogens with zero attached hydrogens (tertiary/aromatic N) is 4. The van der Waals surface area contributed by atoms with Crippen LogP contribution in [0.15, 0.2) is 12.4 Å². The maximum Gasteiger partial charge on any atom is 0.101 e. The van der Waals surface area contributed by atoms with E-state index in [9.17, 15) is 0 Å². The molecule has 1 saturated heterocycles. The summed E-state index contributed by atoms with van der Waals surface area (Å²) in [4.78, 5) is 2.40. The molecule has 1 aliphatic heterocycles. The molecule has 1 aromatic heterocycles. The number of nitriles is 1. The van der Waals surface area contributed by atoms with Crippen LogP contribution in [-0.2, 0) is 12.0 Å². The van der Waals surface area contributed by atoms with Crippen LogP contribution in [0.2, 0.25) is 0 Å². The van der Waals surface area contributed by atoms with Gasteiger partial charge in [0.05, 0.1) is 18.7 Å². The van der Waals surface area contributed by atoms with Crippen molar-refractivity contribution in [3.63, 3.8) is 0 Å². The SMILES string of the molecule is CCc1cnn(C2(CC#N)CN(C(C)(C)C)C2)c1. The predicted octanol–water partition coefficient (Wildman–Crippen LogP) is 2.17. The van der Waals surface area contributed by atoms with E-state index >= 15 is 0 Å². The van der Waals surface area contributed by atoms with Crippen molar-refractivity contribution >= 4 is 0 Å². The van der Waals surface area contributed by atoms with E-state index in [2.05, 4.69) is 50.0 Å². The summed E-state index contributed by atoms with van der Waals surface area (Å²) >= 11 is 0. The lowest BCUT2D eigenvalue weighted by molar-refractivity contribution is -0.0531. The van der Waals surface area contributed by atoms with E-state index in [0.29, 0.717) is 6.42 Å². The molecule has 0 aliphatic carbocycles. The molecule has 0 amide bonds. The van der Waals surface area contributed by atoms with Gasteiger partial charge >= 0.3 is 0 Å². The summed E-state index contributed by atoms with van der Waals surface area (Å²) in [6.45, 7) is 10.6. The highest BCUT2D eigenvalue weighted by molar-refractivity contribution is 5.12. The molecule has 0 bridgehead atoms. The van der Waals surface area contributed by atoms with Gasteiger partial charge in [-0.2, -0.15) is 10.4 Å². The molecule has 0 saturated carbocycles. The monoisotopic (exact) mass is 246 g/mol. The average Bonchev–Trinajstić information content (AvgIpc) is 2.69. The van der Waals surface area contributed by atoms with Crippen LogP contribution < -0.4 is 0 Å². The number of likely N-dealkylation sites (tertiary alicyclic amines) is 1. The lowest BCUT2D eigenvalue weighted by Crippen LogP contribution is -2.67. The fourth-order valence-electron chi connectivity index (χ4n) is 2.43. The van der Waals surface area contributed by atoms with E-state index in [0.717, 1.165) is 19.5 Å². The first-order valence-electron chi connectivity index (χ1n) is 6.57. The van der Waals surface area contributed by atoms with Crippen LogP contribution in [-0.4, -0.2) is 33.3 Å².